The number of aliphatic hydroxyl groups excluding tert-OH is 1. The molecule has 1 saturated heterocycles. The molecule has 1 aromatic carbocycles. The van der Waals surface area contributed by atoms with Crippen molar-refractivity contribution in [1.82, 2.24) is 4.31 Å². The molecule has 6 heteroatoms. The maximum absolute atomic E-state index is 12.3. The van der Waals surface area contributed by atoms with Crippen molar-refractivity contribution in [2.75, 3.05) is 18.9 Å². The van der Waals surface area contributed by atoms with E-state index in [2.05, 4.69) is 0 Å². The van der Waals surface area contributed by atoms with Gasteiger partial charge in [-0.15, -0.1) is 0 Å². The van der Waals surface area contributed by atoms with E-state index in [1.54, 1.807) is 24.3 Å². The SMILES string of the molecule is Nc1ccccc1CS(=O)(=O)N1CCC[C@H]1CO. The Labute approximate surface area is 107 Å². The molecular formula is C12H18N2O3S. The highest BCUT2D eigenvalue weighted by atomic mass is 32.2. The monoisotopic (exact) mass is 270 g/mol. The van der Waals surface area contributed by atoms with Crippen LogP contribution >= 0.6 is 0 Å². The first-order valence-corrected chi connectivity index (χ1v) is 7.59. The molecule has 0 aliphatic carbocycles. The molecule has 1 fully saturated rings. The smallest absolute Gasteiger partial charge is 0.218 e. The number of aliphatic hydroxyl groups is 1. The van der Waals surface area contributed by atoms with Crippen molar-refractivity contribution in [2.45, 2.75) is 24.6 Å². The molecule has 0 radical (unpaired) electrons. The molecule has 100 valence electrons. The fraction of sp³-hybridized carbons (Fsp3) is 0.500. The first-order valence-electron chi connectivity index (χ1n) is 5.98. The van der Waals surface area contributed by atoms with Gasteiger partial charge in [-0.1, -0.05) is 18.2 Å². The number of nitrogen functional groups attached to an aromatic ring is 1. The molecule has 1 aromatic rings. The Bertz CT molecular complexity index is 516. The van der Waals surface area contributed by atoms with Crippen LogP contribution in [0.3, 0.4) is 0 Å². The van der Waals surface area contributed by atoms with E-state index in [1.807, 2.05) is 0 Å². The first-order chi connectivity index (χ1) is 8.54. The molecule has 0 aromatic heterocycles. The second-order valence-corrected chi connectivity index (χ2v) is 6.47. The van der Waals surface area contributed by atoms with E-state index >= 15 is 0 Å². The minimum Gasteiger partial charge on any atom is -0.398 e. The van der Waals surface area contributed by atoms with Crippen molar-refractivity contribution in [2.24, 2.45) is 0 Å². The molecule has 18 heavy (non-hydrogen) atoms. The van der Waals surface area contributed by atoms with Crippen LogP contribution < -0.4 is 5.73 Å². The molecular weight excluding hydrogens is 252 g/mol. The van der Waals surface area contributed by atoms with Crippen molar-refractivity contribution in [1.29, 1.82) is 0 Å². The van der Waals surface area contributed by atoms with Gasteiger partial charge in [0.1, 0.15) is 0 Å². The predicted molar refractivity (Wildman–Crippen MR) is 70.3 cm³/mol. The van der Waals surface area contributed by atoms with Gasteiger partial charge in [0.05, 0.1) is 12.4 Å². The van der Waals surface area contributed by atoms with Crippen LogP contribution in [-0.2, 0) is 15.8 Å². The fourth-order valence-corrected chi connectivity index (χ4v) is 4.16. The third-order valence-electron chi connectivity index (χ3n) is 3.28. The molecule has 2 rings (SSSR count). The number of hydrogen-bond acceptors (Lipinski definition) is 4. The lowest BCUT2D eigenvalue weighted by Gasteiger charge is -2.22. The molecule has 3 N–H and O–H groups in total. The van der Waals surface area contributed by atoms with Gasteiger partial charge in [0.25, 0.3) is 0 Å². The topological polar surface area (TPSA) is 83.6 Å². The zero-order valence-electron chi connectivity index (χ0n) is 10.1. The highest BCUT2D eigenvalue weighted by Gasteiger charge is 2.33. The molecule has 1 aliphatic heterocycles. The second kappa shape index (κ2) is 5.26. The van der Waals surface area contributed by atoms with Gasteiger partial charge in [0.2, 0.25) is 10.0 Å². The number of rotatable bonds is 4. The number of nitrogens with two attached hydrogens (primary N) is 1. The largest absolute Gasteiger partial charge is 0.398 e. The van der Waals surface area contributed by atoms with Crippen molar-refractivity contribution in [3.05, 3.63) is 29.8 Å². The summed E-state index contributed by atoms with van der Waals surface area (Å²) in [5, 5.41) is 9.19. The van der Waals surface area contributed by atoms with Gasteiger partial charge < -0.3 is 10.8 Å². The molecule has 1 atom stereocenters. The van der Waals surface area contributed by atoms with E-state index in [9.17, 15) is 13.5 Å². The number of para-hydroxylation sites is 1. The lowest BCUT2D eigenvalue weighted by Crippen LogP contribution is -2.38. The minimum atomic E-state index is -3.40. The Kier molecular flexibility index (Phi) is 3.89. The maximum Gasteiger partial charge on any atom is 0.218 e. The van der Waals surface area contributed by atoms with Gasteiger partial charge in [-0.2, -0.15) is 4.31 Å². The van der Waals surface area contributed by atoms with E-state index in [4.69, 9.17) is 5.73 Å². The number of anilines is 1. The van der Waals surface area contributed by atoms with Gasteiger partial charge in [-0.3, -0.25) is 0 Å². The maximum atomic E-state index is 12.3. The zero-order chi connectivity index (χ0) is 13.2. The molecule has 0 unspecified atom stereocenters. The fourth-order valence-electron chi connectivity index (χ4n) is 2.30. The summed E-state index contributed by atoms with van der Waals surface area (Å²) in [7, 11) is -3.40. The highest BCUT2D eigenvalue weighted by Crippen LogP contribution is 2.24. The van der Waals surface area contributed by atoms with Crippen LogP contribution in [0.2, 0.25) is 0 Å². The first kappa shape index (κ1) is 13.3. The van der Waals surface area contributed by atoms with Gasteiger partial charge in [-0.05, 0) is 24.5 Å². The van der Waals surface area contributed by atoms with Gasteiger partial charge in [0.15, 0.2) is 0 Å². The third kappa shape index (κ3) is 2.66. The van der Waals surface area contributed by atoms with E-state index in [0.29, 0.717) is 17.8 Å². The quantitative estimate of drug-likeness (QED) is 0.783. The summed E-state index contributed by atoms with van der Waals surface area (Å²) in [6.45, 7) is 0.365. The van der Waals surface area contributed by atoms with E-state index in [0.717, 1.165) is 12.8 Å². The summed E-state index contributed by atoms with van der Waals surface area (Å²) in [5.74, 6) is -0.101. The molecule has 0 bridgehead atoms. The minimum absolute atomic E-state index is 0.101. The van der Waals surface area contributed by atoms with E-state index in [1.165, 1.54) is 4.31 Å². The summed E-state index contributed by atoms with van der Waals surface area (Å²) in [4.78, 5) is 0. The average molecular weight is 270 g/mol. The van der Waals surface area contributed by atoms with Crippen LogP contribution in [0.5, 0.6) is 0 Å². The number of sulfonamides is 1. The summed E-state index contributed by atoms with van der Waals surface area (Å²) in [6, 6.07) is 6.68. The average Bonchev–Trinajstić information content (AvgIpc) is 2.81. The van der Waals surface area contributed by atoms with Crippen molar-refractivity contribution >= 4 is 15.7 Å². The Morgan fingerprint density at radius 1 is 1.39 bits per heavy atom. The highest BCUT2D eigenvalue weighted by molar-refractivity contribution is 7.88. The molecule has 0 amide bonds. The van der Waals surface area contributed by atoms with E-state index < -0.39 is 10.0 Å². The summed E-state index contributed by atoms with van der Waals surface area (Å²) in [6.07, 6.45) is 1.52. The number of benzene rings is 1. The van der Waals surface area contributed by atoms with Crippen molar-refractivity contribution in [3.8, 4) is 0 Å². The summed E-state index contributed by atoms with van der Waals surface area (Å²) in [5.41, 5.74) is 6.86. The molecule has 1 heterocycles. The Morgan fingerprint density at radius 3 is 2.78 bits per heavy atom. The molecule has 0 spiro atoms. The number of nitrogens with zero attached hydrogens (tertiary/aromatic N) is 1. The van der Waals surface area contributed by atoms with Crippen LogP contribution in [-0.4, -0.2) is 37.0 Å². The second-order valence-electron chi connectivity index (χ2n) is 4.54. The Balaban J connectivity index is 2.20. The lowest BCUT2D eigenvalue weighted by atomic mass is 10.2. The van der Waals surface area contributed by atoms with Crippen LogP contribution in [0, 0.1) is 0 Å². The van der Waals surface area contributed by atoms with Gasteiger partial charge in [-0.25, -0.2) is 8.42 Å². The summed E-state index contributed by atoms with van der Waals surface area (Å²) >= 11 is 0. The van der Waals surface area contributed by atoms with E-state index in [-0.39, 0.29) is 18.4 Å². The van der Waals surface area contributed by atoms with Crippen molar-refractivity contribution in [3.63, 3.8) is 0 Å². The number of hydrogen-bond donors (Lipinski definition) is 2. The van der Waals surface area contributed by atoms with Gasteiger partial charge in [0, 0.05) is 18.3 Å². The molecule has 1 aliphatic rings. The predicted octanol–water partition coefficient (Wildman–Crippen LogP) is 0.555. The third-order valence-corrected chi connectivity index (χ3v) is 5.16. The van der Waals surface area contributed by atoms with Crippen LogP contribution in [0.4, 0.5) is 5.69 Å². The molecule has 5 nitrogen and oxygen atoms in total. The zero-order valence-corrected chi connectivity index (χ0v) is 10.9. The van der Waals surface area contributed by atoms with Crippen LogP contribution in [0.25, 0.3) is 0 Å². The Hall–Kier alpha value is -1.11. The lowest BCUT2D eigenvalue weighted by molar-refractivity contribution is 0.213. The van der Waals surface area contributed by atoms with Gasteiger partial charge >= 0.3 is 0 Å². The Morgan fingerprint density at radius 2 is 2.11 bits per heavy atom. The van der Waals surface area contributed by atoms with Crippen molar-refractivity contribution < 1.29 is 13.5 Å². The normalized spacial score (nSPS) is 21.3. The van der Waals surface area contributed by atoms with Crippen LogP contribution in [0.1, 0.15) is 18.4 Å². The van der Waals surface area contributed by atoms with Crippen LogP contribution in [0.15, 0.2) is 24.3 Å². The summed E-state index contributed by atoms with van der Waals surface area (Å²) < 4.78 is 26.0. The molecule has 0 saturated carbocycles. The standard InChI is InChI=1S/C12H18N2O3S/c13-12-6-2-1-4-10(12)9-18(16,17)14-7-3-5-11(14)8-15/h1-2,4,6,11,15H,3,5,7-9,13H2/t11-/m0/s1.